The lowest BCUT2D eigenvalue weighted by Crippen LogP contribution is -2.26. The Hall–Kier alpha value is -2.01. The molecule has 0 saturated heterocycles. The lowest BCUT2D eigenvalue weighted by atomic mass is 10.1. The summed E-state index contributed by atoms with van der Waals surface area (Å²) >= 11 is 1.74. The minimum atomic E-state index is -0.139. The van der Waals surface area contributed by atoms with Crippen LogP contribution in [-0.4, -0.2) is 13.0 Å². The van der Waals surface area contributed by atoms with E-state index in [1.165, 1.54) is 9.75 Å². The van der Waals surface area contributed by atoms with Crippen molar-refractivity contribution < 1.29 is 9.53 Å². The molecule has 0 spiro atoms. The van der Waals surface area contributed by atoms with Gasteiger partial charge in [-0.2, -0.15) is 0 Å². The number of benzene rings is 1. The summed E-state index contributed by atoms with van der Waals surface area (Å²) < 4.78 is 5.09. The topological polar surface area (TPSA) is 64.3 Å². The van der Waals surface area contributed by atoms with Gasteiger partial charge in [0.1, 0.15) is 5.75 Å². The van der Waals surface area contributed by atoms with E-state index in [0.717, 1.165) is 5.56 Å². The first-order chi connectivity index (χ1) is 9.92. The maximum atomic E-state index is 12.3. The van der Waals surface area contributed by atoms with Gasteiger partial charge in [0.05, 0.1) is 18.8 Å². The molecule has 1 amide bonds. The van der Waals surface area contributed by atoms with Crippen LogP contribution < -0.4 is 15.8 Å². The van der Waals surface area contributed by atoms with Crippen LogP contribution in [0.25, 0.3) is 0 Å². The number of anilines is 1. The van der Waals surface area contributed by atoms with Crippen molar-refractivity contribution in [3.63, 3.8) is 0 Å². The Morgan fingerprint density at radius 2 is 2.05 bits per heavy atom. The van der Waals surface area contributed by atoms with Gasteiger partial charge in [-0.3, -0.25) is 4.79 Å². The molecule has 2 aromatic rings. The van der Waals surface area contributed by atoms with E-state index >= 15 is 0 Å². The lowest BCUT2D eigenvalue weighted by molar-refractivity contribution is 0.0940. The Balaban J connectivity index is 2.14. The molecule has 21 heavy (non-hydrogen) atoms. The van der Waals surface area contributed by atoms with Crippen LogP contribution in [0.2, 0.25) is 0 Å². The first-order valence-corrected chi connectivity index (χ1v) is 7.55. The number of ether oxygens (including phenoxy) is 1. The van der Waals surface area contributed by atoms with E-state index < -0.39 is 0 Å². The largest absolute Gasteiger partial charge is 0.495 e. The van der Waals surface area contributed by atoms with Crippen LogP contribution in [0.4, 0.5) is 5.69 Å². The number of carbonyl (C=O) groups is 1. The highest BCUT2D eigenvalue weighted by molar-refractivity contribution is 7.12. The van der Waals surface area contributed by atoms with E-state index in [2.05, 4.69) is 25.2 Å². The number of methoxy groups -OCH3 is 1. The fourth-order valence-corrected chi connectivity index (χ4v) is 3.34. The van der Waals surface area contributed by atoms with Crippen molar-refractivity contribution >= 4 is 22.9 Å². The predicted molar refractivity (Wildman–Crippen MR) is 87.1 cm³/mol. The van der Waals surface area contributed by atoms with Crippen LogP contribution in [0.15, 0.2) is 24.3 Å². The molecule has 4 nitrogen and oxygen atoms in total. The number of aryl methyl sites for hydroxylation is 2. The number of nitrogens with one attached hydrogen (secondary N) is 1. The van der Waals surface area contributed by atoms with Gasteiger partial charge in [0.25, 0.3) is 5.91 Å². The summed E-state index contributed by atoms with van der Waals surface area (Å²) in [6.45, 7) is 6.13. The van der Waals surface area contributed by atoms with Crippen molar-refractivity contribution in [2.75, 3.05) is 12.8 Å². The second-order valence-electron chi connectivity index (χ2n) is 5.02. The predicted octanol–water partition coefficient (Wildman–Crippen LogP) is 3.45. The quantitative estimate of drug-likeness (QED) is 0.850. The molecule has 2 rings (SSSR count). The third-order valence-electron chi connectivity index (χ3n) is 3.39. The van der Waals surface area contributed by atoms with Gasteiger partial charge < -0.3 is 15.8 Å². The van der Waals surface area contributed by atoms with Crippen molar-refractivity contribution in [2.45, 2.75) is 26.8 Å². The third-order valence-corrected chi connectivity index (χ3v) is 4.37. The van der Waals surface area contributed by atoms with Crippen LogP contribution in [0.1, 0.15) is 38.6 Å². The summed E-state index contributed by atoms with van der Waals surface area (Å²) in [4.78, 5) is 14.8. The van der Waals surface area contributed by atoms with Crippen LogP contribution in [0, 0.1) is 13.8 Å². The SMILES string of the molecule is COc1ccc(C(=O)NC(C)c2cc(C)sc2C)cc1N. The second-order valence-corrected chi connectivity index (χ2v) is 6.48. The van der Waals surface area contributed by atoms with E-state index in [1.54, 1.807) is 36.6 Å². The number of carbonyl (C=O) groups excluding carboxylic acids is 1. The lowest BCUT2D eigenvalue weighted by Gasteiger charge is -2.14. The second kappa shape index (κ2) is 6.18. The zero-order valence-electron chi connectivity index (χ0n) is 12.7. The molecule has 3 N–H and O–H groups in total. The molecule has 0 aliphatic heterocycles. The zero-order valence-corrected chi connectivity index (χ0v) is 13.5. The standard InChI is InChI=1S/C16H20N2O2S/c1-9-7-13(11(3)21-9)10(2)18-16(19)12-5-6-15(20-4)14(17)8-12/h5-8,10H,17H2,1-4H3,(H,18,19). The molecule has 0 aliphatic carbocycles. The van der Waals surface area contributed by atoms with Gasteiger partial charge in [0, 0.05) is 15.3 Å². The van der Waals surface area contributed by atoms with Gasteiger partial charge in [0.15, 0.2) is 0 Å². The molecule has 1 unspecified atom stereocenters. The molecule has 1 atom stereocenters. The number of amides is 1. The van der Waals surface area contributed by atoms with Crippen molar-refractivity contribution in [3.8, 4) is 5.75 Å². The number of rotatable bonds is 4. The van der Waals surface area contributed by atoms with E-state index in [1.807, 2.05) is 6.92 Å². The molecule has 0 aliphatic rings. The van der Waals surface area contributed by atoms with Crippen LogP contribution in [0.5, 0.6) is 5.75 Å². The number of nitrogens with two attached hydrogens (primary N) is 1. The number of hydrogen-bond donors (Lipinski definition) is 2. The number of thiophene rings is 1. The highest BCUT2D eigenvalue weighted by atomic mass is 32.1. The zero-order chi connectivity index (χ0) is 15.6. The van der Waals surface area contributed by atoms with Gasteiger partial charge in [-0.1, -0.05) is 0 Å². The molecule has 0 bridgehead atoms. The van der Waals surface area contributed by atoms with Gasteiger partial charge in [-0.15, -0.1) is 11.3 Å². The number of nitrogen functional groups attached to an aromatic ring is 1. The molecular weight excluding hydrogens is 284 g/mol. The normalized spacial score (nSPS) is 12.0. The van der Waals surface area contributed by atoms with E-state index in [0.29, 0.717) is 17.0 Å². The fourth-order valence-electron chi connectivity index (χ4n) is 2.31. The van der Waals surface area contributed by atoms with Crippen molar-refractivity contribution in [2.24, 2.45) is 0 Å². The van der Waals surface area contributed by atoms with Crippen LogP contribution in [0.3, 0.4) is 0 Å². The van der Waals surface area contributed by atoms with Crippen LogP contribution in [-0.2, 0) is 0 Å². The summed E-state index contributed by atoms with van der Waals surface area (Å²) in [6, 6.07) is 7.13. The Morgan fingerprint density at radius 1 is 1.33 bits per heavy atom. The fraction of sp³-hybridized carbons (Fsp3) is 0.312. The first kappa shape index (κ1) is 15.4. The molecule has 5 heteroatoms. The minimum Gasteiger partial charge on any atom is -0.495 e. The molecule has 0 radical (unpaired) electrons. The summed E-state index contributed by atoms with van der Waals surface area (Å²) in [7, 11) is 1.55. The first-order valence-electron chi connectivity index (χ1n) is 6.73. The highest BCUT2D eigenvalue weighted by Crippen LogP contribution is 2.27. The average molecular weight is 304 g/mol. The summed E-state index contributed by atoms with van der Waals surface area (Å²) in [5, 5.41) is 3.00. The smallest absolute Gasteiger partial charge is 0.251 e. The minimum absolute atomic E-state index is 0.0363. The van der Waals surface area contributed by atoms with E-state index in [9.17, 15) is 4.79 Å². The van der Waals surface area contributed by atoms with Gasteiger partial charge >= 0.3 is 0 Å². The Morgan fingerprint density at radius 3 is 2.57 bits per heavy atom. The molecule has 1 aromatic carbocycles. The third kappa shape index (κ3) is 3.36. The summed E-state index contributed by atoms with van der Waals surface area (Å²) in [5.74, 6) is 0.434. The van der Waals surface area contributed by atoms with Gasteiger partial charge in [0.2, 0.25) is 0 Å². The maximum Gasteiger partial charge on any atom is 0.251 e. The van der Waals surface area contributed by atoms with E-state index in [4.69, 9.17) is 10.5 Å². The molecular formula is C16H20N2O2S. The molecule has 1 aromatic heterocycles. The van der Waals surface area contributed by atoms with Gasteiger partial charge in [-0.25, -0.2) is 0 Å². The highest BCUT2D eigenvalue weighted by Gasteiger charge is 2.15. The van der Waals surface area contributed by atoms with Crippen molar-refractivity contribution in [3.05, 3.63) is 45.1 Å². The molecule has 1 heterocycles. The number of hydrogen-bond acceptors (Lipinski definition) is 4. The molecule has 0 fully saturated rings. The van der Waals surface area contributed by atoms with Crippen molar-refractivity contribution in [1.29, 1.82) is 0 Å². The van der Waals surface area contributed by atoms with Gasteiger partial charge in [-0.05, 0) is 50.6 Å². The monoisotopic (exact) mass is 304 g/mol. The Labute approximate surface area is 128 Å². The molecule has 0 saturated carbocycles. The summed E-state index contributed by atoms with van der Waals surface area (Å²) in [5.41, 5.74) is 7.99. The maximum absolute atomic E-state index is 12.3. The van der Waals surface area contributed by atoms with Crippen molar-refractivity contribution in [1.82, 2.24) is 5.32 Å². The Kier molecular flexibility index (Phi) is 4.53. The molecule has 112 valence electrons. The average Bonchev–Trinajstić information content (AvgIpc) is 2.77. The van der Waals surface area contributed by atoms with E-state index in [-0.39, 0.29) is 11.9 Å². The van der Waals surface area contributed by atoms with Crippen LogP contribution >= 0.6 is 11.3 Å². The Bertz CT molecular complexity index is 664. The summed E-state index contributed by atoms with van der Waals surface area (Å²) in [6.07, 6.45) is 0.